The Labute approximate surface area is 118 Å². The highest BCUT2D eigenvalue weighted by atomic mass is 32.2. The van der Waals surface area contributed by atoms with Gasteiger partial charge in [-0.2, -0.15) is 0 Å². The lowest BCUT2D eigenvalue weighted by Crippen LogP contribution is -2.13. The van der Waals surface area contributed by atoms with Crippen molar-refractivity contribution in [2.45, 2.75) is 30.8 Å². The van der Waals surface area contributed by atoms with E-state index < -0.39 is 0 Å². The standard InChI is InChI=1S/C15H19N3S/c1-11(2)12-3-5-13(6-4-12)14(16)9-19-15-7-8-17-10-18-15/h3-8,10-11,14H,9,16H2,1-2H3. The van der Waals surface area contributed by atoms with Crippen LogP contribution in [0.25, 0.3) is 0 Å². The number of aromatic nitrogens is 2. The highest BCUT2D eigenvalue weighted by Gasteiger charge is 2.08. The maximum atomic E-state index is 6.20. The SMILES string of the molecule is CC(C)c1ccc(C(N)CSc2ccncn2)cc1. The molecule has 1 heterocycles. The second-order valence-electron chi connectivity index (χ2n) is 4.79. The first-order valence-corrected chi connectivity index (χ1v) is 7.39. The third kappa shape index (κ3) is 4.04. The Kier molecular flexibility index (Phi) is 4.93. The van der Waals surface area contributed by atoms with Gasteiger partial charge in [0.1, 0.15) is 6.33 Å². The largest absolute Gasteiger partial charge is 0.323 e. The molecule has 0 amide bonds. The number of hydrogen-bond donors (Lipinski definition) is 1. The van der Waals surface area contributed by atoms with Crippen LogP contribution in [0.2, 0.25) is 0 Å². The van der Waals surface area contributed by atoms with Gasteiger partial charge >= 0.3 is 0 Å². The molecule has 0 aliphatic heterocycles. The summed E-state index contributed by atoms with van der Waals surface area (Å²) in [6.45, 7) is 4.39. The van der Waals surface area contributed by atoms with Crippen LogP contribution in [0.3, 0.4) is 0 Å². The maximum Gasteiger partial charge on any atom is 0.116 e. The van der Waals surface area contributed by atoms with E-state index in [1.165, 1.54) is 11.1 Å². The van der Waals surface area contributed by atoms with Gasteiger partial charge in [-0.1, -0.05) is 38.1 Å². The molecule has 2 N–H and O–H groups in total. The first-order valence-electron chi connectivity index (χ1n) is 6.41. The molecule has 2 aromatic rings. The minimum atomic E-state index is 0.0289. The molecule has 1 atom stereocenters. The molecule has 1 unspecified atom stereocenters. The van der Waals surface area contributed by atoms with Gasteiger partial charge in [0.05, 0.1) is 5.03 Å². The molecule has 19 heavy (non-hydrogen) atoms. The fraction of sp³-hybridized carbons (Fsp3) is 0.333. The van der Waals surface area contributed by atoms with Gasteiger partial charge in [0.2, 0.25) is 0 Å². The van der Waals surface area contributed by atoms with Crippen molar-refractivity contribution < 1.29 is 0 Å². The van der Waals surface area contributed by atoms with Crippen molar-refractivity contribution >= 4 is 11.8 Å². The van der Waals surface area contributed by atoms with Gasteiger partial charge in [0.15, 0.2) is 0 Å². The first kappa shape index (κ1) is 14.0. The van der Waals surface area contributed by atoms with Crippen LogP contribution in [-0.4, -0.2) is 15.7 Å². The van der Waals surface area contributed by atoms with Gasteiger partial charge in [0, 0.05) is 18.0 Å². The second kappa shape index (κ2) is 6.68. The molecule has 0 radical (unpaired) electrons. The van der Waals surface area contributed by atoms with Gasteiger partial charge in [-0.15, -0.1) is 11.8 Å². The monoisotopic (exact) mass is 273 g/mol. The molecule has 0 saturated heterocycles. The average molecular weight is 273 g/mol. The molecule has 100 valence electrons. The maximum absolute atomic E-state index is 6.20. The van der Waals surface area contributed by atoms with Crippen LogP contribution in [0, 0.1) is 0 Å². The Morgan fingerprint density at radius 1 is 1.11 bits per heavy atom. The van der Waals surface area contributed by atoms with Crippen LogP contribution in [0.5, 0.6) is 0 Å². The summed E-state index contributed by atoms with van der Waals surface area (Å²) in [5.41, 5.74) is 8.72. The molecule has 4 heteroatoms. The summed E-state index contributed by atoms with van der Waals surface area (Å²) in [6, 6.07) is 10.5. The van der Waals surface area contributed by atoms with E-state index in [0.29, 0.717) is 5.92 Å². The number of thioether (sulfide) groups is 1. The summed E-state index contributed by atoms with van der Waals surface area (Å²) < 4.78 is 0. The van der Waals surface area contributed by atoms with E-state index in [4.69, 9.17) is 5.73 Å². The number of hydrogen-bond acceptors (Lipinski definition) is 4. The minimum absolute atomic E-state index is 0.0289. The fourth-order valence-electron chi connectivity index (χ4n) is 1.76. The lowest BCUT2D eigenvalue weighted by atomic mass is 10.00. The number of nitrogens with zero attached hydrogens (tertiary/aromatic N) is 2. The quantitative estimate of drug-likeness (QED) is 0.670. The molecular weight excluding hydrogens is 254 g/mol. The van der Waals surface area contributed by atoms with E-state index in [-0.39, 0.29) is 6.04 Å². The summed E-state index contributed by atoms with van der Waals surface area (Å²) in [7, 11) is 0. The van der Waals surface area contributed by atoms with E-state index in [0.717, 1.165) is 10.8 Å². The topological polar surface area (TPSA) is 51.8 Å². The van der Waals surface area contributed by atoms with E-state index in [1.54, 1.807) is 24.3 Å². The van der Waals surface area contributed by atoms with Crippen molar-refractivity contribution in [1.82, 2.24) is 9.97 Å². The van der Waals surface area contributed by atoms with Crippen LogP contribution in [0.15, 0.2) is 47.9 Å². The molecule has 0 saturated carbocycles. The van der Waals surface area contributed by atoms with Crippen molar-refractivity contribution in [2.75, 3.05) is 5.75 Å². The third-order valence-corrected chi connectivity index (χ3v) is 4.06. The van der Waals surface area contributed by atoms with Crippen LogP contribution in [-0.2, 0) is 0 Å². The molecule has 0 spiro atoms. The molecule has 1 aromatic carbocycles. The predicted octanol–water partition coefficient (Wildman–Crippen LogP) is 3.39. The Morgan fingerprint density at radius 2 is 1.79 bits per heavy atom. The lowest BCUT2D eigenvalue weighted by Gasteiger charge is -2.13. The Bertz CT molecular complexity index is 497. The lowest BCUT2D eigenvalue weighted by molar-refractivity contribution is 0.820. The fourth-order valence-corrected chi connectivity index (χ4v) is 2.58. The van der Waals surface area contributed by atoms with Crippen molar-refractivity contribution in [2.24, 2.45) is 5.73 Å². The van der Waals surface area contributed by atoms with Gasteiger partial charge in [0.25, 0.3) is 0 Å². The minimum Gasteiger partial charge on any atom is -0.323 e. The van der Waals surface area contributed by atoms with Gasteiger partial charge < -0.3 is 5.73 Å². The van der Waals surface area contributed by atoms with Crippen LogP contribution in [0.1, 0.15) is 36.9 Å². The summed E-state index contributed by atoms with van der Waals surface area (Å²) in [5.74, 6) is 1.37. The van der Waals surface area contributed by atoms with E-state index >= 15 is 0 Å². The van der Waals surface area contributed by atoms with Crippen molar-refractivity contribution in [1.29, 1.82) is 0 Å². The summed E-state index contributed by atoms with van der Waals surface area (Å²) in [5, 5.41) is 0.962. The number of benzene rings is 1. The first-order chi connectivity index (χ1) is 9.16. The average Bonchev–Trinajstić information content (AvgIpc) is 2.46. The van der Waals surface area contributed by atoms with E-state index in [1.807, 2.05) is 6.07 Å². The Hall–Kier alpha value is -1.39. The molecule has 0 fully saturated rings. The van der Waals surface area contributed by atoms with Gasteiger partial charge in [-0.05, 0) is 23.1 Å². The smallest absolute Gasteiger partial charge is 0.116 e. The van der Waals surface area contributed by atoms with Crippen LogP contribution >= 0.6 is 11.8 Å². The zero-order valence-corrected chi connectivity index (χ0v) is 12.1. The van der Waals surface area contributed by atoms with Gasteiger partial charge in [-0.3, -0.25) is 0 Å². The normalized spacial score (nSPS) is 12.6. The van der Waals surface area contributed by atoms with Crippen LogP contribution < -0.4 is 5.73 Å². The van der Waals surface area contributed by atoms with Crippen molar-refractivity contribution in [3.63, 3.8) is 0 Å². The number of nitrogens with two attached hydrogens (primary N) is 1. The van der Waals surface area contributed by atoms with Gasteiger partial charge in [-0.25, -0.2) is 9.97 Å². The molecule has 2 rings (SSSR count). The molecular formula is C15H19N3S. The van der Waals surface area contributed by atoms with Crippen molar-refractivity contribution in [3.05, 3.63) is 54.0 Å². The zero-order chi connectivity index (χ0) is 13.7. The Morgan fingerprint density at radius 3 is 2.37 bits per heavy atom. The third-order valence-electron chi connectivity index (χ3n) is 3.00. The molecule has 0 aliphatic rings. The van der Waals surface area contributed by atoms with Crippen LogP contribution in [0.4, 0.5) is 0 Å². The molecule has 0 aliphatic carbocycles. The highest BCUT2D eigenvalue weighted by Crippen LogP contribution is 2.23. The molecule has 0 bridgehead atoms. The van der Waals surface area contributed by atoms with Crippen molar-refractivity contribution in [3.8, 4) is 0 Å². The summed E-state index contributed by atoms with van der Waals surface area (Å²) >= 11 is 1.66. The Balaban J connectivity index is 1.94. The highest BCUT2D eigenvalue weighted by molar-refractivity contribution is 7.99. The molecule has 3 nitrogen and oxygen atoms in total. The predicted molar refractivity (Wildman–Crippen MR) is 80.2 cm³/mol. The summed E-state index contributed by atoms with van der Waals surface area (Å²) in [6.07, 6.45) is 3.31. The zero-order valence-electron chi connectivity index (χ0n) is 11.3. The molecule has 1 aromatic heterocycles. The number of rotatable bonds is 5. The van der Waals surface area contributed by atoms with E-state index in [2.05, 4.69) is 48.1 Å². The van der Waals surface area contributed by atoms with E-state index in [9.17, 15) is 0 Å². The summed E-state index contributed by atoms with van der Waals surface area (Å²) in [4.78, 5) is 8.08. The second-order valence-corrected chi connectivity index (χ2v) is 5.83.